The molecule has 1 unspecified atom stereocenters. The van der Waals surface area contributed by atoms with E-state index in [2.05, 4.69) is 22.5 Å². The molecule has 1 aromatic carbocycles. The number of hydrogen-bond donors (Lipinski definition) is 2. The summed E-state index contributed by atoms with van der Waals surface area (Å²) in [6.45, 7) is 1.10. The van der Waals surface area contributed by atoms with Crippen molar-refractivity contribution >= 4 is 17.8 Å². The van der Waals surface area contributed by atoms with Crippen molar-refractivity contribution in [1.29, 1.82) is 0 Å². The highest BCUT2D eigenvalue weighted by atomic mass is 19.4. The Hall–Kier alpha value is -3.02. The maximum atomic E-state index is 12.7. The van der Waals surface area contributed by atoms with Crippen LogP contribution in [-0.2, 0) is 15.8 Å². The third-order valence-electron chi connectivity index (χ3n) is 4.79. The van der Waals surface area contributed by atoms with Crippen molar-refractivity contribution in [1.82, 2.24) is 15.5 Å². The maximum Gasteiger partial charge on any atom is 0.416 e. The van der Waals surface area contributed by atoms with Gasteiger partial charge in [0.2, 0.25) is 5.91 Å². The lowest BCUT2D eigenvalue weighted by Crippen LogP contribution is -2.47. The van der Waals surface area contributed by atoms with Gasteiger partial charge in [-0.05, 0) is 43.9 Å². The SMILES string of the molecule is CC1(C2CC2)NC(=O)N(CC(=O)NCC#Cc2cccc(C(F)(F)F)c2)C1=O. The van der Waals surface area contributed by atoms with Crippen LogP contribution in [-0.4, -0.2) is 41.4 Å². The number of carbonyl (C=O) groups excluding carboxylic acids is 3. The third kappa shape index (κ3) is 4.11. The number of halogens is 3. The Labute approximate surface area is 159 Å². The summed E-state index contributed by atoms with van der Waals surface area (Å²) < 4.78 is 38.0. The summed E-state index contributed by atoms with van der Waals surface area (Å²) in [4.78, 5) is 37.3. The second-order valence-corrected chi connectivity index (χ2v) is 6.96. The van der Waals surface area contributed by atoms with E-state index in [0.717, 1.165) is 29.9 Å². The molecule has 0 radical (unpaired) electrons. The van der Waals surface area contributed by atoms with E-state index in [1.165, 1.54) is 12.1 Å². The number of alkyl halides is 3. The monoisotopic (exact) mass is 393 g/mol. The molecule has 9 heteroatoms. The Kier molecular flexibility index (Phi) is 5.06. The molecular weight excluding hydrogens is 375 g/mol. The van der Waals surface area contributed by atoms with Gasteiger partial charge in [0.25, 0.3) is 5.91 Å². The number of hydrogen-bond acceptors (Lipinski definition) is 3. The van der Waals surface area contributed by atoms with E-state index in [0.29, 0.717) is 0 Å². The van der Waals surface area contributed by atoms with Crippen molar-refractivity contribution in [2.45, 2.75) is 31.5 Å². The topological polar surface area (TPSA) is 78.5 Å². The summed E-state index contributed by atoms with van der Waals surface area (Å²) >= 11 is 0. The minimum Gasteiger partial charge on any atom is -0.344 e. The molecular formula is C19H18F3N3O3. The van der Waals surface area contributed by atoms with Crippen molar-refractivity contribution in [2.75, 3.05) is 13.1 Å². The quantitative estimate of drug-likeness (QED) is 0.606. The smallest absolute Gasteiger partial charge is 0.344 e. The fourth-order valence-corrected chi connectivity index (χ4v) is 3.06. The van der Waals surface area contributed by atoms with E-state index in [1.807, 2.05) is 0 Å². The Morgan fingerprint density at radius 3 is 2.71 bits per heavy atom. The van der Waals surface area contributed by atoms with Gasteiger partial charge >= 0.3 is 12.2 Å². The fraction of sp³-hybridized carbons (Fsp3) is 0.421. The highest BCUT2D eigenvalue weighted by Crippen LogP contribution is 2.42. The van der Waals surface area contributed by atoms with Gasteiger partial charge in [-0.2, -0.15) is 13.2 Å². The van der Waals surface area contributed by atoms with Crippen molar-refractivity contribution in [3.63, 3.8) is 0 Å². The molecule has 28 heavy (non-hydrogen) atoms. The molecule has 3 rings (SSSR count). The predicted molar refractivity (Wildman–Crippen MR) is 92.7 cm³/mol. The zero-order valence-corrected chi connectivity index (χ0v) is 15.0. The molecule has 1 atom stereocenters. The number of imide groups is 1. The molecule has 1 heterocycles. The molecule has 2 N–H and O–H groups in total. The van der Waals surface area contributed by atoms with Crippen LogP contribution in [0, 0.1) is 17.8 Å². The Morgan fingerprint density at radius 1 is 1.36 bits per heavy atom. The number of rotatable bonds is 4. The van der Waals surface area contributed by atoms with Gasteiger partial charge < -0.3 is 10.6 Å². The minimum absolute atomic E-state index is 0.0929. The van der Waals surface area contributed by atoms with Gasteiger partial charge in [-0.15, -0.1) is 0 Å². The Balaban J connectivity index is 1.53. The van der Waals surface area contributed by atoms with Gasteiger partial charge in [-0.25, -0.2) is 4.79 Å². The molecule has 2 fully saturated rings. The Bertz CT molecular complexity index is 884. The molecule has 1 aliphatic heterocycles. The molecule has 6 nitrogen and oxygen atoms in total. The lowest BCUT2D eigenvalue weighted by atomic mass is 9.96. The highest BCUT2D eigenvalue weighted by Gasteiger charge is 2.56. The fourth-order valence-electron chi connectivity index (χ4n) is 3.06. The lowest BCUT2D eigenvalue weighted by Gasteiger charge is -2.20. The minimum atomic E-state index is -4.45. The van der Waals surface area contributed by atoms with Crippen LogP contribution in [0.4, 0.5) is 18.0 Å². The van der Waals surface area contributed by atoms with Gasteiger partial charge in [0.05, 0.1) is 12.1 Å². The second-order valence-electron chi connectivity index (χ2n) is 6.96. The van der Waals surface area contributed by atoms with Gasteiger partial charge in [-0.1, -0.05) is 17.9 Å². The first kappa shape index (κ1) is 19.7. The summed E-state index contributed by atoms with van der Waals surface area (Å²) in [5, 5.41) is 5.07. The van der Waals surface area contributed by atoms with Crippen LogP contribution in [0.25, 0.3) is 0 Å². The number of carbonyl (C=O) groups is 3. The number of urea groups is 1. The highest BCUT2D eigenvalue weighted by molar-refractivity contribution is 6.09. The summed E-state index contributed by atoms with van der Waals surface area (Å²) in [5.41, 5.74) is -1.60. The summed E-state index contributed by atoms with van der Waals surface area (Å²) in [5.74, 6) is 4.17. The second kappa shape index (κ2) is 7.19. The Morgan fingerprint density at radius 2 is 2.07 bits per heavy atom. The van der Waals surface area contributed by atoms with Crippen molar-refractivity contribution < 1.29 is 27.6 Å². The van der Waals surface area contributed by atoms with E-state index in [-0.39, 0.29) is 18.0 Å². The average molecular weight is 393 g/mol. The van der Waals surface area contributed by atoms with Crippen LogP contribution in [0.3, 0.4) is 0 Å². The average Bonchev–Trinajstić information content (AvgIpc) is 3.45. The normalized spacial score (nSPS) is 21.8. The molecule has 148 valence electrons. The van der Waals surface area contributed by atoms with Crippen LogP contribution < -0.4 is 10.6 Å². The molecule has 4 amide bonds. The molecule has 1 aromatic rings. The molecule has 0 spiro atoms. The molecule has 0 aromatic heterocycles. The zero-order valence-electron chi connectivity index (χ0n) is 15.0. The summed E-state index contributed by atoms with van der Waals surface area (Å²) in [6.07, 6.45) is -2.74. The molecule has 1 saturated heterocycles. The lowest BCUT2D eigenvalue weighted by molar-refractivity contribution is -0.137. The van der Waals surface area contributed by atoms with Crippen LogP contribution in [0.15, 0.2) is 24.3 Å². The zero-order chi connectivity index (χ0) is 20.5. The van der Waals surface area contributed by atoms with Gasteiger partial charge in [0.15, 0.2) is 0 Å². The van der Waals surface area contributed by atoms with E-state index in [9.17, 15) is 27.6 Å². The molecule has 1 aliphatic carbocycles. The molecule has 2 aliphatic rings. The summed E-state index contributed by atoms with van der Waals surface area (Å²) in [7, 11) is 0. The largest absolute Gasteiger partial charge is 0.416 e. The molecule has 1 saturated carbocycles. The summed E-state index contributed by atoms with van der Waals surface area (Å²) in [6, 6.07) is 3.93. The molecule has 0 bridgehead atoms. The first-order valence-electron chi connectivity index (χ1n) is 8.68. The van der Waals surface area contributed by atoms with Crippen molar-refractivity contribution in [3.8, 4) is 11.8 Å². The number of amides is 4. The number of nitrogens with one attached hydrogen (secondary N) is 2. The van der Waals surface area contributed by atoms with Crippen LogP contribution >= 0.6 is 0 Å². The van der Waals surface area contributed by atoms with Gasteiger partial charge in [0.1, 0.15) is 12.1 Å². The van der Waals surface area contributed by atoms with Crippen LogP contribution in [0.1, 0.15) is 30.9 Å². The first-order chi connectivity index (χ1) is 13.1. The predicted octanol–water partition coefficient (Wildman–Crippen LogP) is 1.89. The number of benzene rings is 1. The van der Waals surface area contributed by atoms with E-state index in [1.54, 1.807) is 6.92 Å². The van der Waals surface area contributed by atoms with Crippen molar-refractivity contribution in [2.24, 2.45) is 5.92 Å². The van der Waals surface area contributed by atoms with Crippen molar-refractivity contribution in [3.05, 3.63) is 35.4 Å². The van der Waals surface area contributed by atoms with Crippen LogP contribution in [0.2, 0.25) is 0 Å². The van der Waals surface area contributed by atoms with E-state index >= 15 is 0 Å². The van der Waals surface area contributed by atoms with Gasteiger partial charge in [-0.3, -0.25) is 14.5 Å². The van der Waals surface area contributed by atoms with Gasteiger partial charge in [0, 0.05) is 5.56 Å². The standard InChI is InChI=1S/C19H18F3N3O3/c1-18(13-7-8-13)16(27)25(17(28)24-18)11-15(26)23-9-3-5-12-4-2-6-14(10-12)19(20,21)22/h2,4,6,10,13H,7-9,11H2,1H3,(H,23,26)(H,24,28). The van der Waals surface area contributed by atoms with E-state index < -0.39 is 41.7 Å². The van der Waals surface area contributed by atoms with Crippen LogP contribution in [0.5, 0.6) is 0 Å². The number of nitrogens with zero attached hydrogens (tertiary/aromatic N) is 1. The van der Waals surface area contributed by atoms with E-state index in [4.69, 9.17) is 0 Å². The maximum absolute atomic E-state index is 12.7. The first-order valence-corrected chi connectivity index (χ1v) is 8.68. The third-order valence-corrected chi connectivity index (χ3v) is 4.79.